The Bertz CT molecular complexity index is 775. The van der Waals surface area contributed by atoms with Gasteiger partial charge in [0.1, 0.15) is 5.82 Å². The number of carbonyl (C=O) groups excluding carboxylic acids is 1. The number of carbonyl (C=O) groups is 1. The number of rotatable bonds is 5. The zero-order valence-corrected chi connectivity index (χ0v) is 17.6. The van der Waals surface area contributed by atoms with Crippen LogP contribution in [0.1, 0.15) is 36.8 Å². The van der Waals surface area contributed by atoms with Crippen molar-refractivity contribution >= 4 is 18.3 Å². The van der Waals surface area contributed by atoms with Gasteiger partial charge in [-0.3, -0.25) is 9.69 Å². The van der Waals surface area contributed by atoms with Crippen molar-refractivity contribution in [3.63, 3.8) is 0 Å². The maximum Gasteiger partial charge on any atom is 0.239 e. The normalized spacial score (nSPS) is 20.4. The molecule has 0 aliphatic carbocycles. The molecule has 2 saturated heterocycles. The lowest BCUT2D eigenvalue weighted by Crippen LogP contribution is -2.48. The molecule has 0 saturated carbocycles. The van der Waals surface area contributed by atoms with Gasteiger partial charge in [0, 0.05) is 19.6 Å². The van der Waals surface area contributed by atoms with Gasteiger partial charge in [-0.1, -0.05) is 42.5 Å². The molecule has 3 nitrogen and oxygen atoms in total. The second-order valence-corrected chi connectivity index (χ2v) is 8.21. The Balaban J connectivity index is 0.00000240. The Hall–Kier alpha value is -1.91. The first-order valence-corrected chi connectivity index (χ1v) is 10.5. The lowest BCUT2D eigenvalue weighted by molar-refractivity contribution is -0.137. The molecule has 0 unspecified atom stereocenters. The van der Waals surface area contributed by atoms with Crippen LogP contribution < -0.4 is 0 Å². The molecule has 2 aromatic rings. The summed E-state index contributed by atoms with van der Waals surface area (Å²) in [5.74, 6) is 0.749. The number of hydrogen-bond donors (Lipinski definition) is 0. The molecule has 29 heavy (non-hydrogen) atoms. The first-order valence-electron chi connectivity index (χ1n) is 10.5. The van der Waals surface area contributed by atoms with E-state index in [1.807, 2.05) is 12.1 Å². The van der Waals surface area contributed by atoms with Crippen LogP contribution >= 0.6 is 12.4 Å². The third kappa shape index (κ3) is 5.58. The van der Waals surface area contributed by atoms with Crippen molar-refractivity contribution in [3.05, 3.63) is 71.5 Å². The molecule has 0 N–H and O–H groups in total. The molecular weight excluding hydrogens is 387 g/mol. The Morgan fingerprint density at radius 2 is 1.59 bits per heavy atom. The van der Waals surface area contributed by atoms with E-state index in [1.165, 1.54) is 17.7 Å². The number of benzene rings is 2. The van der Waals surface area contributed by atoms with Crippen LogP contribution in [0.5, 0.6) is 0 Å². The van der Waals surface area contributed by atoms with Crippen molar-refractivity contribution < 1.29 is 9.18 Å². The van der Waals surface area contributed by atoms with E-state index in [0.29, 0.717) is 5.92 Å². The Morgan fingerprint density at radius 1 is 0.897 bits per heavy atom. The van der Waals surface area contributed by atoms with Gasteiger partial charge in [-0.2, -0.15) is 0 Å². The van der Waals surface area contributed by atoms with Gasteiger partial charge in [0.25, 0.3) is 0 Å². The molecule has 2 aliphatic rings. The van der Waals surface area contributed by atoms with Crippen molar-refractivity contribution in [2.24, 2.45) is 5.92 Å². The molecule has 1 amide bonds. The quantitative estimate of drug-likeness (QED) is 0.705. The van der Waals surface area contributed by atoms with Gasteiger partial charge in [-0.15, -0.1) is 12.4 Å². The van der Waals surface area contributed by atoms with Crippen molar-refractivity contribution in [1.82, 2.24) is 9.80 Å². The maximum absolute atomic E-state index is 13.1. The molecule has 0 spiro atoms. The standard InChI is InChI=1S/C24H29FN2O.ClH/c25-22-10-8-21(9-11-22)18-27-14-4-7-23(27)24(28)26-15-12-20(13-16-26)17-19-5-2-1-3-6-19;/h1-3,5-6,8-11,20,23H,4,7,12-18H2;1H/t23-;/m0./s1. The van der Waals surface area contributed by atoms with Crippen molar-refractivity contribution in [2.75, 3.05) is 19.6 Å². The summed E-state index contributed by atoms with van der Waals surface area (Å²) in [6.07, 6.45) is 5.28. The molecular formula is C24H30ClFN2O. The monoisotopic (exact) mass is 416 g/mol. The van der Waals surface area contributed by atoms with E-state index < -0.39 is 0 Å². The van der Waals surface area contributed by atoms with Gasteiger partial charge in [0.05, 0.1) is 6.04 Å². The van der Waals surface area contributed by atoms with Crippen molar-refractivity contribution in [1.29, 1.82) is 0 Å². The van der Waals surface area contributed by atoms with E-state index in [9.17, 15) is 9.18 Å². The number of halogens is 2. The minimum Gasteiger partial charge on any atom is -0.341 e. The molecule has 0 radical (unpaired) electrons. The van der Waals surface area contributed by atoms with Gasteiger partial charge in [-0.05, 0) is 67.8 Å². The molecule has 0 bridgehead atoms. The van der Waals surface area contributed by atoms with E-state index in [4.69, 9.17) is 0 Å². The first kappa shape index (κ1) is 21.8. The highest BCUT2D eigenvalue weighted by Crippen LogP contribution is 2.26. The fourth-order valence-corrected chi connectivity index (χ4v) is 4.64. The largest absolute Gasteiger partial charge is 0.341 e. The average molecular weight is 417 g/mol. The highest BCUT2D eigenvalue weighted by atomic mass is 35.5. The predicted molar refractivity (Wildman–Crippen MR) is 117 cm³/mol. The van der Waals surface area contributed by atoms with Gasteiger partial charge in [-0.25, -0.2) is 4.39 Å². The van der Waals surface area contributed by atoms with Gasteiger partial charge < -0.3 is 4.90 Å². The van der Waals surface area contributed by atoms with Gasteiger partial charge in [0.2, 0.25) is 5.91 Å². The van der Waals surface area contributed by atoms with E-state index in [0.717, 1.165) is 63.8 Å². The third-order valence-electron chi connectivity index (χ3n) is 6.24. The summed E-state index contributed by atoms with van der Waals surface area (Å²) in [6, 6.07) is 17.3. The lowest BCUT2D eigenvalue weighted by atomic mass is 9.90. The summed E-state index contributed by atoms with van der Waals surface area (Å²) in [7, 11) is 0. The molecule has 2 fully saturated rings. The third-order valence-corrected chi connectivity index (χ3v) is 6.24. The fourth-order valence-electron chi connectivity index (χ4n) is 4.64. The van der Waals surface area contributed by atoms with Crippen LogP contribution in [0, 0.1) is 11.7 Å². The number of hydrogen-bond acceptors (Lipinski definition) is 2. The number of piperidine rings is 1. The zero-order chi connectivity index (χ0) is 19.3. The first-order chi connectivity index (χ1) is 13.7. The summed E-state index contributed by atoms with van der Waals surface area (Å²) >= 11 is 0. The van der Waals surface area contributed by atoms with E-state index >= 15 is 0 Å². The summed E-state index contributed by atoms with van der Waals surface area (Å²) in [5, 5.41) is 0. The second-order valence-electron chi connectivity index (χ2n) is 8.21. The highest BCUT2D eigenvalue weighted by Gasteiger charge is 2.35. The molecule has 2 heterocycles. The molecule has 5 heteroatoms. The summed E-state index contributed by atoms with van der Waals surface area (Å²) < 4.78 is 13.1. The second kappa shape index (κ2) is 10.2. The van der Waals surface area contributed by atoms with Crippen LogP contribution in [0.4, 0.5) is 4.39 Å². The SMILES string of the molecule is Cl.O=C([C@@H]1CCCN1Cc1ccc(F)cc1)N1CCC(Cc2ccccc2)CC1. The summed E-state index contributed by atoms with van der Waals surface area (Å²) in [5.41, 5.74) is 2.47. The smallest absolute Gasteiger partial charge is 0.239 e. The molecule has 1 atom stereocenters. The van der Waals surface area contributed by atoms with Crippen LogP contribution in [0.3, 0.4) is 0 Å². The molecule has 2 aliphatic heterocycles. The number of likely N-dealkylation sites (tertiary alicyclic amines) is 2. The van der Waals surface area contributed by atoms with Crippen molar-refractivity contribution in [3.8, 4) is 0 Å². The minimum absolute atomic E-state index is 0. The molecule has 4 rings (SSSR count). The van der Waals surface area contributed by atoms with Crippen LogP contribution in [0.25, 0.3) is 0 Å². The predicted octanol–water partition coefficient (Wildman–Crippen LogP) is 4.69. The number of amides is 1. The molecule has 0 aromatic heterocycles. The Labute approximate surface area is 179 Å². The maximum atomic E-state index is 13.1. The highest BCUT2D eigenvalue weighted by molar-refractivity contribution is 5.85. The lowest BCUT2D eigenvalue weighted by Gasteiger charge is -2.35. The molecule has 156 valence electrons. The Kier molecular flexibility index (Phi) is 7.68. The van der Waals surface area contributed by atoms with Crippen LogP contribution in [0.2, 0.25) is 0 Å². The van der Waals surface area contributed by atoms with Crippen LogP contribution in [-0.2, 0) is 17.8 Å². The van der Waals surface area contributed by atoms with E-state index in [2.05, 4.69) is 40.1 Å². The number of nitrogens with zero attached hydrogens (tertiary/aromatic N) is 2. The fraction of sp³-hybridized carbons (Fsp3) is 0.458. The topological polar surface area (TPSA) is 23.6 Å². The van der Waals surface area contributed by atoms with E-state index in [1.54, 1.807) is 0 Å². The van der Waals surface area contributed by atoms with Crippen LogP contribution in [0.15, 0.2) is 54.6 Å². The minimum atomic E-state index is -0.212. The van der Waals surface area contributed by atoms with Gasteiger partial charge in [0.15, 0.2) is 0 Å². The van der Waals surface area contributed by atoms with E-state index in [-0.39, 0.29) is 30.2 Å². The zero-order valence-electron chi connectivity index (χ0n) is 16.8. The summed E-state index contributed by atoms with van der Waals surface area (Å²) in [4.78, 5) is 17.5. The van der Waals surface area contributed by atoms with Crippen molar-refractivity contribution in [2.45, 2.75) is 44.7 Å². The molecule has 2 aromatic carbocycles. The van der Waals surface area contributed by atoms with Crippen LogP contribution in [-0.4, -0.2) is 41.4 Å². The Morgan fingerprint density at radius 3 is 2.28 bits per heavy atom. The summed E-state index contributed by atoms with van der Waals surface area (Å²) in [6.45, 7) is 3.41. The van der Waals surface area contributed by atoms with Gasteiger partial charge >= 0.3 is 0 Å². The average Bonchev–Trinajstić information content (AvgIpc) is 3.19.